The molecule has 154 valence electrons. The number of piperidine rings is 1. The minimum Gasteiger partial charge on any atom is -0.471 e. The third kappa shape index (κ3) is 4.04. The van der Waals surface area contributed by atoms with Gasteiger partial charge in [-0.1, -0.05) is 24.4 Å². The van der Waals surface area contributed by atoms with Crippen molar-refractivity contribution in [1.82, 2.24) is 14.7 Å². The quantitative estimate of drug-likeness (QED) is 0.751. The fourth-order valence-electron chi connectivity index (χ4n) is 4.52. The van der Waals surface area contributed by atoms with Crippen LogP contribution in [-0.2, 0) is 11.5 Å². The van der Waals surface area contributed by atoms with E-state index in [1.165, 1.54) is 0 Å². The molecule has 1 aromatic carbocycles. The van der Waals surface area contributed by atoms with Crippen molar-refractivity contribution in [3.05, 3.63) is 46.2 Å². The molecule has 1 aliphatic heterocycles. The molecule has 0 N–H and O–H groups in total. The Morgan fingerprint density at radius 1 is 1.24 bits per heavy atom. The SMILES string of the molecule is Cc1cc(OCn2ccc(C(=O)N3CCC(=O)[C@H]4CCCC[C@@H]43)n2)cc(C)c1Cl. The molecule has 2 atom stereocenters. The number of nitrogens with zero attached hydrogens (tertiary/aromatic N) is 3. The van der Waals surface area contributed by atoms with Gasteiger partial charge in [0.2, 0.25) is 0 Å². The second-order valence-electron chi connectivity index (χ2n) is 8.06. The van der Waals surface area contributed by atoms with Crippen molar-refractivity contribution in [3.63, 3.8) is 0 Å². The standard InChI is InChI=1S/C22H26ClN3O3/c1-14-11-16(12-15(2)21(14)23)29-13-25-9-7-18(24-25)22(28)26-10-8-20(27)17-5-3-4-6-19(17)26/h7,9,11-12,17,19H,3-6,8,10,13H2,1-2H3/t17-,19-/m0/s1. The summed E-state index contributed by atoms with van der Waals surface area (Å²) in [6, 6.07) is 5.52. The van der Waals surface area contributed by atoms with Crippen molar-refractivity contribution in [2.45, 2.75) is 58.7 Å². The lowest BCUT2D eigenvalue weighted by Crippen LogP contribution is -2.53. The van der Waals surface area contributed by atoms with E-state index in [1.54, 1.807) is 16.9 Å². The Bertz CT molecular complexity index is 916. The molecule has 1 aliphatic carbocycles. The highest BCUT2D eigenvalue weighted by Crippen LogP contribution is 2.34. The topological polar surface area (TPSA) is 64.4 Å². The maximum Gasteiger partial charge on any atom is 0.274 e. The lowest BCUT2D eigenvalue weighted by Gasteiger charge is -2.42. The first-order chi connectivity index (χ1) is 13.9. The van der Waals surface area contributed by atoms with Gasteiger partial charge in [-0.3, -0.25) is 9.59 Å². The Morgan fingerprint density at radius 2 is 1.97 bits per heavy atom. The highest BCUT2D eigenvalue weighted by atomic mass is 35.5. The molecule has 2 aromatic rings. The second-order valence-corrected chi connectivity index (χ2v) is 8.44. The van der Waals surface area contributed by atoms with Gasteiger partial charge >= 0.3 is 0 Å². The van der Waals surface area contributed by atoms with Crippen molar-refractivity contribution in [1.29, 1.82) is 0 Å². The van der Waals surface area contributed by atoms with Crippen LogP contribution in [0.4, 0.5) is 0 Å². The van der Waals surface area contributed by atoms with Gasteiger partial charge in [0.05, 0.1) is 0 Å². The van der Waals surface area contributed by atoms with E-state index in [4.69, 9.17) is 16.3 Å². The van der Waals surface area contributed by atoms with E-state index in [1.807, 2.05) is 30.9 Å². The van der Waals surface area contributed by atoms with E-state index in [-0.39, 0.29) is 24.6 Å². The van der Waals surface area contributed by atoms with Gasteiger partial charge in [-0.25, -0.2) is 4.68 Å². The lowest BCUT2D eigenvalue weighted by molar-refractivity contribution is -0.129. The third-order valence-electron chi connectivity index (χ3n) is 6.04. The van der Waals surface area contributed by atoms with Gasteiger partial charge in [0.15, 0.2) is 12.4 Å². The average Bonchev–Trinajstić information content (AvgIpc) is 3.19. The molecule has 1 amide bonds. The van der Waals surface area contributed by atoms with Crippen molar-refractivity contribution in [2.24, 2.45) is 5.92 Å². The van der Waals surface area contributed by atoms with Crippen LogP contribution in [0, 0.1) is 19.8 Å². The zero-order chi connectivity index (χ0) is 20.5. The predicted octanol–water partition coefficient (Wildman–Crippen LogP) is 4.16. The number of benzene rings is 1. The van der Waals surface area contributed by atoms with Crippen LogP contribution in [0.15, 0.2) is 24.4 Å². The molecule has 1 saturated carbocycles. The first-order valence-electron chi connectivity index (χ1n) is 10.2. The van der Waals surface area contributed by atoms with Crippen LogP contribution in [0.5, 0.6) is 5.75 Å². The monoisotopic (exact) mass is 415 g/mol. The molecule has 6 nitrogen and oxygen atoms in total. The predicted molar refractivity (Wildman–Crippen MR) is 110 cm³/mol. The van der Waals surface area contributed by atoms with Gasteiger partial charge in [-0.05, 0) is 56.0 Å². The first kappa shape index (κ1) is 20.0. The highest BCUT2D eigenvalue weighted by Gasteiger charge is 2.41. The van der Waals surface area contributed by atoms with Gasteiger partial charge in [0.25, 0.3) is 5.91 Å². The van der Waals surface area contributed by atoms with E-state index < -0.39 is 0 Å². The van der Waals surface area contributed by atoms with E-state index >= 15 is 0 Å². The number of carbonyl (C=O) groups excluding carboxylic acids is 2. The van der Waals surface area contributed by atoms with Gasteiger partial charge in [-0.2, -0.15) is 5.10 Å². The Labute approximate surface area is 175 Å². The summed E-state index contributed by atoms with van der Waals surface area (Å²) in [5.74, 6) is 0.938. The molecule has 0 spiro atoms. The van der Waals surface area contributed by atoms with Crippen LogP contribution in [0.3, 0.4) is 0 Å². The van der Waals surface area contributed by atoms with Crippen molar-refractivity contribution in [3.8, 4) is 5.75 Å². The third-order valence-corrected chi connectivity index (χ3v) is 6.63. The smallest absolute Gasteiger partial charge is 0.274 e. The van der Waals surface area contributed by atoms with Crippen molar-refractivity contribution < 1.29 is 14.3 Å². The summed E-state index contributed by atoms with van der Waals surface area (Å²) in [7, 11) is 0. The number of fused-ring (bicyclic) bond motifs is 1. The van der Waals surface area contributed by atoms with E-state index in [0.29, 0.717) is 30.2 Å². The normalized spacial score (nSPS) is 21.8. The number of likely N-dealkylation sites (tertiary alicyclic amines) is 1. The molecule has 29 heavy (non-hydrogen) atoms. The lowest BCUT2D eigenvalue weighted by atomic mass is 9.77. The van der Waals surface area contributed by atoms with Crippen LogP contribution in [0.1, 0.15) is 53.7 Å². The molecule has 0 unspecified atom stereocenters. The maximum absolute atomic E-state index is 13.1. The summed E-state index contributed by atoms with van der Waals surface area (Å²) in [4.78, 5) is 27.2. The van der Waals surface area contributed by atoms with E-state index in [9.17, 15) is 9.59 Å². The van der Waals surface area contributed by atoms with Gasteiger partial charge < -0.3 is 9.64 Å². The molecule has 4 rings (SSSR count). The van der Waals surface area contributed by atoms with Crippen LogP contribution in [0.2, 0.25) is 5.02 Å². The summed E-state index contributed by atoms with van der Waals surface area (Å²) in [6.07, 6.45) is 6.14. The van der Waals surface area contributed by atoms with E-state index in [0.717, 1.165) is 41.8 Å². The average molecular weight is 416 g/mol. The summed E-state index contributed by atoms with van der Waals surface area (Å²) < 4.78 is 7.43. The molecule has 2 fully saturated rings. The summed E-state index contributed by atoms with van der Waals surface area (Å²) in [6.45, 7) is 4.58. The van der Waals surface area contributed by atoms with Crippen LogP contribution in [-0.4, -0.2) is 39.0 Å². The van der Waals surface area contributed by atoms with Crippen molar-refractivity contribution in [2.75, 3.05) is 6.54 Å². The molecular formula is C22H26ClN3O3. The van der Waals surface area contributed by atoms with Crippen LogP contribution < -0.4 is 4.74 Å². The zero-order valence-corrected chi connectivity index (χ0v) is 17.6. The van der Waals surface area contributed by atoms with Crippen LogP contribution >= 0.6 is 11.6 Å². The number of aromatic nitrogens is 2. The molecule has 2 aliphatic rings. The molecule has 2 heterocycles. The molecule has 7 heteroatoms. The molecule has 1 saturated heterocycles. The number of hydrogen-bond acceptors (Lipinski definition) is 4. The summed E-state index contributed by atoms with van der Waals surface area (Å²) in [5.41, 5.74) is 2.31. The van der Waals surface area contributed by atoms with E-state index in [2.05, 4.69) is 5.10 Å². The molecular weight excluding hydrogens is 390 g/mol. The fourth-order valence-corrected chi connectivity index (χ4v) is 4.63. The number of aryl methyl sites for hydroxylation is 2. The maximum atomic E-state index is 13.1. The first-order valence-corrected chi connectivity index (χ1v) is 10.6. The number of ketones is 1. The molecule has 0 radical (unpaired) electrons. The fraction of sp³-hybridized carbons (Fsp3) is 0.500. The number of hydrogen-bond donors (Lipinski definition) is 0. The number of rotatable bonds is 4. The van der Waals surface area contributed by atoms with Gasteiger partial charge in [0.1, 0.15) is 11.5 Å². The number of amides is 1. The number of halogens is 1. The Hall–Kier alpha value is -2.34. The van der Waals surface area contributed by atoms with Gasteiger partial charge in [0, 0.05) is 36.1 Å². The van der Waals surface area contributed by atoms with Gasteiger partial charge in [-0.15, -0.1) is 0 Å². The Morgan fingerprint density at radius 3 is 2.72 bits per heavy atom. The largest absolute Gasteiger partial charge is 0.471 e. The zero-order valence-electron chi connectivity index (χ0n) is 16.9. The molecule has 0 bridgehead atoms. The number of carbonyl (C=O) groups is 2. The number of ether oxygens (including phenoxy) is 1. The molecule has 1 aromatic heterocycles. The summed E-state index contributed by atoms with van der Waals surface area (Å²) >= 11 is 6.20. The number of Topliss-reactive ketones (excluding diaryl/α,β-unsaturated/α-hetero) is 1. The minimum absolute atomic E-state index is 0.00301. The highest BCUT2D eigenvalue weighted by molar-refractivity contribution is 6.32. The minimum atomic E-state index is -0.0914. The van der Waals surface area contributed by atoms with Crippen LogP contribution in [0.25, 0.3) is 0 Å². The second kappa shape index (κ2) is 8.19. The summed E-state index contributed by atoms with van der Waals surface area (Å²) in [5, 5.41) is 5.15. The Kier molecular flexibility index (Phi) is 5.63. The Balaban J connectivity index is 1.43. The van der Waals surface area contributed by atoms with Crippen molar-refractivity contribution >= 4 is 23.3 Å².